The number of rotatable bonds is 5. The van der Waals surface area contributed by atoms with E-state index >= 15 is 0 Å². The minimum atomic E-state index is -0.0696. The minimum absolute atomic E-state index is 0.0696. The summed E-state index contributed by atoms with van der Waals surface area (Å²) in [6.45, 7) is 8.22. The van der Waals surface area contributed by atoms with Gasteiger partial charge in [-0.1, -0.05) is 46.6 Å². The third kappa shape index (κ3) is 4.97. The van der Waals surface area contributed by atoms with Crippen molar-refractivity contribution < 1.29 is 9.32 Å². The number of hydrogen-bond acceptors (Lipinski definition) is 5. The maximum atomic E-state index is 13.0. The Hall–Kier alpha value is -2.70. The van der Waals surface area contributed by atoms with Crippen molar-refractivity contribution in [3.63, 3.8) is 0 Å². The number of halogens is 1. The zero-order valence-corrected chi connectivity index (χ0v) is 18.9. The molecule has 31 heavy (non-hydrogen) atoms. The Balaban J connectivity index is 1.40. The number of carbonyl (C=O) groups is 1. The van der Waals surface area contributed by atoms with Crippen molar-refractivity contribution in [2.24, 2.45) is 5.92 Å². The number of piperidine rings is 1. The Bertz CT molecular complexity index is 1070. The summed E-state index contributed by atoms with van der Waals surface area (Å²) in [7, 11) is 0. The molecule has 1 N–H and O–H groups in total. The molecule has 1 atom stereocenters. The van der Waals surface area contributed by atoms with E-state index in [1.54, 1.807) is 6.07 Å². The second-order valence-electron chi connectivity index (χ2n) is 8.33. The highest BCUT2D eigenvalue weighted by atomic mass is 35.5. The highest BCUT2D eigenvalue weighted by Crippen LogP contribution is 2.27. The predicted octanol–water partition coefficient (Wildman–Crippen LogP) is 5.17. The molecule has 162 valence electrons. The summed E-state index contributed by atoms with van der Waals surface area (Å²) in [5, 5.41) is 7.82. The summed E-state index contributed by atoms with van der Waals surface area (Å²) < 4.78 is 5.45. The molecular formula is C24H27ClN4O2. The van der Waals surface area contributed by atoms with Crippen LogP contribution in [0.15, 0.2) is 40.9 Å². The summed E-state index contributed by atoms with van der Waals surface area (Å²) in [5.74, 6) is 1.01. The molecule has 2 aromatic carbocycles. The van der Waals surface area contributed by atoms with Crippen LogP contribution in [0.25, 0.3) is 11.4 Å². The van der Waals surface area contributed by atoms with E-state index in [1.807, 2.05) is 32.0 Å². The van der Waals surface area contributed by atoms with Crippen molar-refractivity contribution in [1.82, 2.24) is 15.0 Å². The Morgan fingerprint density at radius 3 is 2.71 bits per heavy atom. The monoisotopic (exact) mass is 438 g/mol. The van der Waals surface area contributed by atoms with Gasteiger partial charge in [-0.3, -0.25) is 9.69 Å². The van der Waals surface area contributed by atoms with Crippen LogP contribution < -0.4 is 5.32 Å². The van der Waals surface area contributed by atoms with Gasteiger partial charge in [-0.15, -0.1) is 0 Å². The maximum Gasteiger partial charge on any atom is 0.241 e. The van der Waals surface area contributed by atoms with Crippen molar-refractivity contribution in [2.75, 3.05) is 18.4 Å². The number of benzene rings is 2. The van der Waals surface area contributed by atoms with Gasteiger partial charge in [0.15, 0.2) is 0 Å². The topological polar surface area (TPSA) is 71.3 Å². The lowest BCUT2D eigenvalue weighted by Gasteiger charge is -2.31. The summed E-state index contributed by atoms with van der Waals surface area (Å²) in [6, 6.07) is 11.6. The average Bonchev–Trinajstić information content (AvgIpc) is 3.19. The van der Waals surface area contributed by atoms with Gasteiger partial charge >= 0.3 is 0 Å². The summed E-state index contributed by atoms with van der Waals surface area (Å²) >= 11 is 6.23. The van der Waals surface area contributed by atoms with Crippen LogP contribution in [-0.4, -0.2) is 34.0 Å². The molecule has 0 saturated carbocycles. The van der Waals surface area contributed by atoms with E-state index < -0.39 is 0 Å². The lowest BCUT2D eigenvalue weighted by molar-refractivity contribution is -0.121. The summed E-state index contributed by atoms with van der Waals surface area (Å²) in [5.41, 5.74) is 5.06. The third-order valence-corrected chi connectivity index (χ3v) is 6.07. The fourth-order valence-corrected chi connectivity index (χ4v) is 4.50. The van der Waals surface area contributed by atoms with Crippen LogP contribution in [-0.2, 0) is 11.3 Å². The first kappa shape index (κ1) is 21.5. The van der Waals surface area contributed by atoms with E-state index in [4.69, 9.17) is 16.1 Å². The van der Waals surface area contributed by atoms with Crippen molar-refractivity contribution in [2.45, 2.75) is 40.2 Å². The zero-order valence-electron chi connectivity index (χ0n) is 18.1. The fraction of sp³-hybridized carbons (Fsp3) is 0.375. The predicted molar refractivity (Wildman–Crippen MR) is 122 cm³/mol. The highest BCUT2D eigenvalue weighted by molar-refractivity contribution is 6.33. The number of anilines is 1. The van der Waals surface area contributed by atoms with Crippen molar-refractivity contribution >= 4 is 23.2 Å². The third-order valence-electron chi connectivity index (χ3n) is 5.74. The molecule has 1 aromatic heterocycles. The maximum absolute atomic E-state index is 13.0. The van der Waals surface area contributed by atoms with Gasteiger partial charge in [0.25, 0.3) is 0 Å². The lowest BCUT2D eigenvalue weighted by Crippen LogP contribution is -2.40. The lowest BCUT2D eigenvalue weighted by atomic mass is 9.96. The molecule has 1 fully saturated rings. The Morgan fingerprint density at radius 1 is 1.23 bits per heavy atom. The number of aryl methyl sites for hydroxylation is 3. The number of amides is 1. The number of likely N-dealkylation sites (tertiary alicyclic amines) is 1. The Labute approximate surface area is 187 Å². The van der Waals surface area contributed by atoms with E-state index in [-0.39, 0.29) is 11.8 Å². The molecule has 6 nitrogen and oxygen atoms in total. The SMILES string of the molecule is Cc1cc(C)c(NC(=O)C2CCCN(Cc3nc(-c4ccccc4Cl)no3)C2)c(C)c1. The molecule has 0 radical (unpaired) electrons. The number of nitrogens with one attached hydrogen (secondary N) is 1. The van der Waals surface area contributed by atoms with Crippen LogP contribution in [0.4, 0.5) is 5.69 Å². The Morgan fingerprint density at radius 2 is 1.97 bits per heavy atom. The molecule has 0 bridgehead atoms. The fourth-order valence-electron chi connectivity index (χ4n) is 4.28. The molecule has 7 heteroatoms. The smallest absolute Gasteiger partial charge is 0.241 e. The van der Waals surface area contributed by atoms with E-state index in [0.29, 0.717) is 29.8 Å². The molecule has 2 heterocycles. The van der Waals surface area contributed by atoms with Crippen molar-refractivity contribution in [3.8, 4) is 11.4 Å². The standard InChI is InChI=1S/C24H27ClN4O2/c1-15-11-16(2)22(17(3)12-15)27-24(30)18-7-6-10-29(13-18)14-21-26-23(28-31-21)19-8-4-5-9-20(19)25/h4-5,8-9,11-12,18H,6-7,10,13-14H2,1-3H3,(H,27,30). The Kier molecular flexibility index (Phi) is 6.39. The summed E-state index contributed by atoms with van der Waals surface area (Å²) in [4.78, 5) is 19.7. The molecular weight excluding hydrogens is 412 g/mol. The highest BCUT2D eigenvalue weighted by Gasteiger charge is 2.27. The largest absolute Gasteiger partial charge is 0.338 e. The van der Waals surface area contributed by atoms with Crippen LogP contribution in [0, 0.1) is 26.7 Å². The second-order valence-corrected chi connectivity index (χ2v) is 8.74. The van der Waals surface area contributed by atoms with Crippen LogP contribution in [0.2, 0.25) is 5.02 Å². The molecule has 1 aliphatic rings. The number of nitrogens with zero attached hydrogens (tertiary/aromatic N) is 3. The second kappa shape index (κ2) is 9.20. The van der Waals surface area contributed by atoms with Crippen molar-refractivity contribution in [3.05, 3.63) is 64.0 Å². The van der Waals surface area contributed by atoms with Crippen LogP contribution in [0.1, 0.15) is 35.4 Å². The zero-order chi connectivity index (χ0) is 22.0. The van der Waals surface area contributed by atoms with E-state index in [9.17, 15) is 4.79 Å². The minimum Gasteiger partial charge on any atom is -0.338 e. The van der Waals surface area contributed by atoms with E-state index in [0.717, 1.165) is 41.8 Å². The van der Waals surface area contributed by atoms with Gasteiger partial charge in [0, 0.05) is 17.8 Å². The molecule has 1 aliphatic heterocycles. The molecule has 1 saturated heterocycles. The molecule has 0 spiro atoms. The van der Waals surface area contributed by atoms with Gasteiger partial charge in [0.1, 0.15) is 0 Å². The van der Waals surface area contributed by atoms with Gasteiger partial charge in [0.2, 0.25) is 17.6 Å². The van der Waals surface area contributed by atoms with Crippen LogP contribution in [0.5, 0.6) is 0 Å². The van der Waals surface area contributed by atoms with Gasteiger partial charge in [-0.25, -0.2) is 0 Å². The van der Waals surface area contributed by atoms with Gasteiger partial charge in [-0.2, -0.15) is 4.98 Å². The van der Waals surface area contributed by atoms with Gasteiger partial charge < -0.3 is 9.84 Å². The van der Waals surface area contributed by atoms with Crippen LogP contribution in [0.3, 0.4) is 0 Å². The van der Waals surface area contributed by atoms with E-state index in [1.165, 1.54) is 5.56 Å². The molecule has 3 aromatic rings. The number of carbonyl (C=O) groups excluding carboxylic acids is 1. The van der Waals surface area contributed by atoms with Gasteiger partial charge in [-0.05, 0) is 63.4 Å². The first-order chi connectivity index (χ1) is 14.9. The van der Waals surface area contributed by atoms with Crippen LogP contribution >= 0.6 is 11.6 Å². The molecule has 1 unspecified atom stereocenters. The first-order valence-corrected chi connectivity index (χ1v) is 11.0. The van der Waals surface area contributed by atoms with Crippen molar-refractivity contribution in [1.29, 1.82) is 0 Å². The average molecular weight is 439 g/mol. The quantitative estimate of drug-likeness (QED) is 0.595. The molecule has 1 amide bonds. The molecule has 4 rings (SSSR count). The van der Waals surface area contributed by atoms with E-state index in [2.05, 4.69) is 39.4 Å². The number of aromatic nitrogens is 2. The summed E-state index contributed by atoms with van der Waals surface area (Å²) in [6.07, 6.45) is 1.83. The van der Waals surface area contributed by atoms with Gasteiger partial charge in [0.05, 0.1) is 17.5 Å². The normalized spacial score (nSPS) is 17.0. The molecule has 0 aliphatic carbocycles. The first-order valence-electron chi connectivity index (χ1n) is 10.6. The number of hydrogen-bond donors (Lipinski definition) is 1.